The number of halogens is 1. The molecule has 0 amide bonds. The largest absolute Gasteiger partial charge is 0.497 e. The highest BCUT2D eigenvalue weighted by Crippen LogP contribution is 2.18. The molecular weight excluding hydrogens is 404 g/mol. The predicted molar refractivity (Wildman–Crippen MR) is 119 cm³/mol. The van der Waals surface area contributed by atoms with Gasteiger partial charge in [0.2, 0.25) is 0 Å². The van der Waals surface area contributed by atoms with Crippen LogP contribution in [0.25, 0.3) is 5.69 Å². The Kier molecular flexibility index (Phi) is 7.45. The highest BCUT2D eigenvalue weighted by molar-refractivity contribution is 6.32. The van der Waals surface area contributed by atoms with Crippen molar-refractivity contribution in [1.29, 1.82) is 0 Å². The van der Waals surface area contributed by atoms with Crippen molar-refractivity contribution in [3.05, 3.63) is 75.7 Å². The average molecular weight is 427 g/mol. The molecule has 0 aliphatic rings. The number of methoxy groups -OCH3 is 1. The second kappa shape index (κ2) is 10.5. The van der Waals surface area contributed by atoms with Gasteiger partial charge in [-0.15, -0.1) is 0 Å². The van der Waals surface area contributed by atoms with Gasteiger partial charge in [-0.1, -0.05) is 37.1 Å². The molecule has 0 bridgehead atoms. The first-order valence-corrected chi connectivity index (χ1v) is 9.94. The fraction of sp³-hybridized carbons (Fsp3) is 0.227. The lowest BCUT2D eigenvalue weighted by atomic mass is 10.2. The third-order valence-electron chi connectivity index (χ3n) is 4.26. The Labute approximate surface area is 179 Å². The second-order valence-corrected chi connectivity index (χ2v) is 6.81. The van der Waals surface area contributed by atoms with Gasteiger partial charge >= 0.3 is 0 Å². The number of hydrazone groups is 1. The van der Waals surface area contributed by atoms with E-state index in [9.17, 15) is 4.79 Å². The number of rotatable bonds is 9. The van der Waals surface area contributed by atoms with Crippen LogP contribution in [0.5, 0.6) is 11.5 Å². The highest BCUT2D eigenvalue weighted by atomic mass is 35.5. The van der Waals surface area contributed by atoms with Crippen LogP contribution in [0.2, 0.25) is 5.02 Å². The average Bonchev–Trinajstić information content (AvgIpc) is 2.77. The maximum Gasteiger partial charge on any atom is 0.292 e. The van der Waals surface area contributed by atoms with Crippen molar-refractivity contribution in [2.75, 3.05) is 19.1 Å². The molecule has 156 valence electrons. The third kappa shape index (κ3) is 5.39. The maximum atomic E-state index is 12.6. The topological polar surface area (TPSA) is 77.7 Å². The Morgan fingerprint density at radius 1 is 1.20 bits per heavy atom. The van der Waals surface area contributed by atoms with E-state index in [2.05, 4.69) is 22.5 Å². The van der Waals surface area contributed by atoms with Gasteiger partial charge in [-0.25, -0.2) is 0 Å². The van der Waals surface area contributed by atoms with E-state index < -0.39 is 5.56 Å². The lowest BCUT2D eigenvalue weighted by Crippen LogP contribution is -2.22. The van der Waals surface area contributed by atoms with E-state index in [-0.39, 0.29) is 5.02 Å². The summed E-state index contributed by atoms with van der Waals surface area (Å²) in [5.41, 5.74) is 4.07. The zero-order valence-electron chi connectivity index (χ0n) is 16.8. The molecule has 0 spiro atoms. The molecule has 0 radical (unpaired) electrons. The van der Waals surface area contributed by atoms with Crippen LogP contribution >= 0.6 is 11.6 Å². The molecular formula is C22H23ClN4O3. The molecule has 0 saturated carbocycles. The number of ether oxygens (including phenoxy) is 2. The monoisotopic (exact) mass is 426 g/mol. The zero-order valence-corrected chi connectivity index (χ0v) is 17.6. The van der Waals surface area contributed by atoms with Gasteiger partial charge in [-0.05, 0) is 48.4 Å². The van der Waals surface area contributed by atoms with Gasteiger partial charge in [-0.3, -0.25) is 10.2 Å². The smallest absolute Gasteiger partial charge is 0.292 e. The first kappa shape index (κ1) is 21.4. The van der Waals surface area contributed by atoms with Crippen LogP contribution in [0.3, 0.4) is 0 Å². The number of unbranched alkanes of at least 4 members (excludes halogenated alkanes) is 1. The fourth-order valence-corrected chi connectivity index (χ4v) is 2.78. The molecule has 0 fully saturated rings. The quantitative estimate of drug-likeness (QED) is 0.309. The van der Waals surface area contributed by atoms with Crippen LogP contribution in [0, 0.1) is 0 Å². The van der Waals surface area contributed by atoms with Crippen molar-refractivity contribution < 1.29 is 9.47 Å². The molecule has 7 nitrogen and oxygen atoms in total. The first-order valence-electron chi connectivity index (χ1n) is 9.56. The Hall–Kier alpha value is -3.32. The Morgan fingerprint density at radius 3 is 2.73 bits per heavy atom. The first-order chi connectivity index (χ1) is 14.6. The van der Waals surface area contributed by atoms with Gasteiger partial charge in [0.25, 0.3) is 5.56 Å². The van der Waals surface area contributed by atoms with Gasteiger partial charge in [-0.2, -0.15) is 14.9 Å². The molecule has 0 aliphatic carbocycles. The molecule has 2 aromatic carbocycles. The Morgan fingerprint density at radius 2 is 2.00 bits per heavy atom. The Balaban J connectivity index is 1.71. The summed E-state index contributed by atoms with van der Waals surface area (Å²) >= 11 is 6.23. The highest BCUT2D eigenvalue weighted by Gasteiger charge is 2.10. The number of benzene rings is 2. The molecule has 0 atom stereocenters. The number of anilines is 1. The third-order valence-corrected chi connectivity index (χ3v) is 4.62. The van der Waals surface area contributed by atoms with E-state index in [0.717, 1.165) is 24.2 Å². The SMILES string of the molecule is CCCCOc1cccc(/C=N\Nc2cnn(-c3ccc(OC)cc3)c(=O)c2Cl)c1. The molecule has 8 heteroatoms. The predicted octanol–water partition coefficient (Wildman–Crippen LogP) is 4.52. The normalized spacial score (nSPS) is 10.9. The molecule has 1 heterocycles. The van der Waals surface area contributed by atoms with Crippen molar-refractivity contribution in [3.8, 4) is 17.2 Å². The van der Waals surface area contributed by atoms with Crippen molar-refractivity contribution in [3.63, 3.8) is 0 Å². The molecule has 3 rings (SSSR count). The number of hydrogen-bond acceptors (Lipinski definition) is 6. The van der Waals surface area contributed by atoms with E-state index in [1.54, 1.807) is 37.6 Å². The number of nitrogens with zero attached hydrogens (tertiary/aromatic N) is 3. The molecule has 30 heavy (non-hydrogen) atoms. The van der Waals surface area contributed by atoms with Crippen molar-refractivity contribution in [2.24, 2.45) is 5.10 Å². The minimum Gasteiger partial charge on any atom is -0.497 e. The van der Waals surface area contributed by atoms with E-state index >= 15 is 0 Å². The van der Waals surface area contributed by atoms with E-state index in [4.69, 9.17) is 21.1 Å². The summed E-state index contributed by atoms with van der Waals surface area (Å²) in [6, 6.07) is 14.5. The summed E-state index contributed by atoms with van der Waals surface area (Å²) in [4.78, 5) is 12.6. The fourth-order valence-electron chi connectivity index (χ4n) is 2.61. The van der Waals surface area contributed by atoms with Crippen LogP contribution in [0.4, 0.5) is 5.69 Å². The minimum absolute atomic E-state index is 0.00498. The molecule has 1 aromatic heterocycles. The molecule has 0 aliphatic heterocycles. The lowest BCUT2D eigenvalue weighted by molar-refractivity contribution is 0.309. The van der Waals surface area contributed by atoms with Crippen LogP contribution in [0.15, 0.2) is 64.6 Å². The maximum absolute atomic E-state index is 12.6. The van der Waals surface area contributed by atoms with E-state index in [0.29, 0.717) is 23.7 Å². The standard InChI is InChI=1S/C22H23ClN4O3/c1-3-4-12-30-19-7-5-6-16(13-19)14-24-26-20-15-25-27(22(28)21(20)23)17-8-10-18(29-2)11-9-17/h5-11,13-15,26H,3-4,12H2,1-2H3/b24-14-. The van der Waals surface area contributed by atoms with Crippen LogP contribution in [-0.4, -0.2) is 29.7 Å². The van der Waals surface area contributed by atoms with Crippen LogP contribution in [-0.2, 0) is 0 Å². The summed E-state index contributed by atoms with van der Waals surface area (Å²) in [6.07, 6.45) is 5.16. The summed E-state index contributed by atoms with van der Waals surface area (Å²) < 4.78 is 12.0. The van der Waals surface area contributed by atoms with Crippen molar-refractivity contribution in [2.45, 2.75) is 19.8 Å². The molecule has 1 N–H and O–H groups in total. The lowest BCUT2D eigenvalue weighted by Gasteiger charge is -2.08. The van der Waals surface area contributed by atoms with Gasteiger partial charge in [0.1, 0.15) is 22.2 Å². The molecule has 3 aromatic rings. The van der Waals surface area contributed by atoms with Gasteiger partial charge in [0.05, 0.1) is 31.8 Å². The van der Waals surface area contributed by atoms with Gasteiger partial charge < -0.3 is 9.47 Å². The van der Waals surface area contributed by atoms with Crippen LogP contribution in [0.1, 0.15) is 25.3 Å². The Bertz CT molecular complexity index is 1060. The van der Waals surface area contributed by atoms with E-state index in [1.807, 2.05) is 24.3 Å². The summed E-state index contributed by atoms with van der Waals surface area (Å²) in [5, 5.41) is 8.32. The summed E-state index contributed by atoms with van der Waals surface area (Å²) in [6.45, 7) is 2.80. The number of nitrogens with one attached hydrogen (secondary N) is 1. The molecule has 0 saturated heterocycles. The van der Waals surface area contributed by atoms with Gasteiger partial charge in [0, 0.05) is 0 Å². The summed E-state index contributed by atoms with van der Waals surface area (Å²) in [7, 11) is 1.58. The van der Waals surface area contributed by atoms with Gasteiger partial charge in [0.15, 0.2) is 0 Å². The van der Waals surface area contributed by atoms with Crippen molar-refractivity contribution >= 4 is 23.5 Å². The molecule has 0 unspecified atom stereocenters. The second-order valence-electron chi connectivity index (χ2n) is 6.43. The number of aromatic nitrogens is 2. The van der Waals surface area contributed by atoms with Crippen LogP contribution < -0.4 is 20.5 Å². The van der Waals surface area contributed by atoms with E-state index in [1.165, 1.54) is 10.9 Å². The number of hydrogen-bond donors (Lipinski definition) is 1. The summed E-state index contributed by atoms with van der Waals surface area (Å²) in [5.74, 6) is 1.47. The minimum atomic E-state index is -0.451. The zero-order chi connectivity index (χ0) is 21.3. The van der Waals surface area contributed by atoms with Crippen molar-refractivity contribution in [1.82, 2.24) is 9.78 Å².